The molecule has 2 heterocycles. The van der Waals surface area contributed by atoms with E-state index in [1.807, 2.05) is 0 Å². The van der Waals surface area contributed by atoms with E-state index in [1.54, 1.807) is 18.2 Å². The molecule has 2 rings (SSSR count). The van der Waals surface area contributed by atoms with E-state index in [4.69, 9.17) is 5.73 Å². The quantitative estimate of drug-likeness (QED) is 0.887. The van der Waals surface area contributed by atoms with Crippen molar-refractivity contribution in [2.24, 2.45) is 5.73 Å². The molecule has 0 saturated heterocycles. The van der Waals surface area contributed by atoms with E-state index in [2.05, 4.69) is 25.6 Å². The number of anilines is 1. The molecule has 0 radical (unpaired) electrons. The molecule has 0 atom stereocenters. The molecule has 5 nitrogen and oxygen atoms in total. The molecule has 0 unspecified atom stereocenters. The van der Waals surface area contributed by atoms with Gasteiger partial charge in [0.05, 0.1) is 0 Å². The van der Waals surface area contributed by atoms with Crippen molar-refractivity contribution < 1.29 is 8.42 Å². The van der Waals surface area contributed by atoms with Gasteiger partial charge in [-0.1, -0.05) is 0 Å². The highest BCUT2D eigenvalue weighted by atomic mass is 79.9. The summed E-state index contributed by atoms with van der Waals surface area (Å²) in [6.45, 7) is 0.330. The number of thiophene rings is 1. The van der Waals surface area contributed by atoms with Crippen molar-refractivity contribution in [3.8, 4) is 0 Å². The zero-order chi connectivity index (χ0) is 13.2. The van der Waals surface area contributed by atoms with Gasteiger partial charge in [0.15, 0.2) is 0 Å². The van der Waals surface area contributed by atoms with E-state index < -0.39 is 10.0 Å². The Morgan fingerprint density at radius 3 is 2.67 bits per heavy atom. The monoisotopic (exact) mass is 347 g/mol. The Hall–Kier alpha value is -0.960. The minimum atomic E-state index is -3.58. The molecule has 8 heteroatoms. The minimum absolute atomic E-state index is 0.229. The van der Waals surface area contributed by atoms with Gasteiger partial charge in [-0.05, 0) is 40.2 Å². The Morgan fingerprint density at radius 2 is 2.11 bits per heavy atom. The van der Waals surface area contributed by atoms with E-state index in [-0.39, 0.29) is 10.0 Å². The molecule has 0 fully saturated rings. The van der Waals surface area contributed by atoms with Gasteiger partial charge in [0, 0.05) is 22.1 Å². The van der Waals surface area contributed by atoms with Crippen LogP contribution in [0.15, 0.2) is 39.1 Å². The number of nitrogens with two attached hydrogens (primary N) is 1. The van der Waals surface area contributed by atoms with Gasteiger partial charge in [-0.2, -0.15) is 0 Å². The number of rotatable bonds is 4. The summed E-state index contributed by atoms with van der Waals surface area (Å²) in [6, 6.07) is 6.53. The largest absolute Gasteiger partial charge is 0.326 e. The lowest BCUT2D eigenvalue weighted by atomic mass is 10.5. The second kappa shape index (κ2) is 5.35. The Labute approximate surface area is 117 Å². The molecule has 0 bridgehead atoms. The number of sulfonamides is 1. The molecule has 0 aliphatic rings. The van der Waals surface area contributed by atoms with Crippen molar-refractivity contribution in [3.63, 3.8) is 0 Å². The number of halogens is 1. The number of hydrogen-bond donors (Lipinski definition) is 2. The number of aromatic nitrogens is 1. The fourth-order valence-corrected chi connectivity index (χ4v) is 3.71. The van der Waals surface area contributed by atoms with E-state index in [0.717, 1.165) is 20.7 Å². The third kappa shape index (κ3) is 3.08. The Morgan fingerprint density at radius 1 is 1.33 bits per heavy atom. The first-order valence-electron chi connectivity index (χ1n) is 4.94. The van der Waals surface area contributed by atoms with Crippen LogP contribution in [-0.4, -0.2) is 13.4 Å². The summed E-state index contributed by atoms with van der Waals surface area (Å²) in [5.41, 5.74) is 5.45. The van der Waals surface area contributed by atoms with Gasteiger partial charge in [-0.3, -0.25) is 4.72 Å². The molecule has 0 aromatic carbocycles. The molecular weight excluding hydrogens is 338 g/mol. The van der Waals surface area contributed by atoms with Crippen LogP contribution in [0.1, 0.15) is 4.88 Å². The zero-order valence-electron chi connectivity index (χ0n) is 9.13. The fourth-order valence-electron chi connectivity index (χ4n) is 1.24. The Balaban J connectivity index is 2.24. The van der Waals surface area contributed by atoms with Crippen LogP contribution in [0, 0.1) is 0 Å². The van der Waals surface area contributed by atoms with Crippen LogP contribution in [0.25, 0.3) is 0 Å². The van der Waals surface area contributed by atoms with E-state index in [0.29, 0.717) is 6.54 Å². The van der Waals surface area contributed by atoms with Crippen LogP contribution in [0.2, 0.25) is 0 Å². The highest BCUT2D eigenvalue weighted by Crippen LogP contribution is 2.23. The molecule has 0 spiro atoms. The minimum Gasteiger partial charge on any atom is -0.326 e. The SMILES string of the molecule is NCc1ccc(S(=O)(=O)Nc2ccc(Br)cn2)s1. The predicted octanol–water partition coefficient (Wildman–Crippen LogP) is 2.17. The molecule has 0 aliphatic carbocycles. The fraction of sp³-hybridized carbons (Fsp3) is 0.100. The number of pyridine rings is 1. The second-order valence-corrected chi connectivity index (χ2v) is 7.39. The smallest absolute Gasteiger partial charge is 0.272 e. The van der Waals surface area contributed by atoms with Crippen molar-refractivity contribution in [2.75, 3.05) is 4.72 Å². The molecule has 0 saturated carbocycles. The summed E-state index contributed by atoms with van der Waals surface area (Å²) in [5, 5.41) is 0. The summed E-state index contributed by atoms with van der Waals surface area (Å²) in [6.07, 6.45) is 1.53. The molecule has 18 heavy (non-hydrogen) atoms. The van der Waals surface area contributed by atoms with E-state index >= 15 is 0 Å². The van der Waals surface area contributed by atoms with Gasteiger partial charge in [0.2, 0.25) is 0 Å². The topological polar surface area (TPSA) is 85.1 Å². The maximum Gasteiger partial charge on any atom is 0.272 e. The lowest BCUT2D eigenvalue weighted by molar-refractivity contribution is 0.603. The third-order valence-electron chi connectivity index (χ3n) is 2.07. The van der Waals surface area contributed by atoms with Crippen LogP contribution in [0.3, 0.4) is 0 Å². The van der Waals surface area contributed by atoms with Gasteiger partial charge in [-0.25, -0.2) is 13.4 Å². The molecule has 0 amide bonds. The number of nitrogens with zero attached hydrogens (tertiary/aromatic N) is 1. The predicted molar refractivity (Wildman–Crippen MR) is 75.0 cm³/mol. The van der Waals surface area contributed by atoms with Gasteiger partial charge in [0.25, 0.3) is 10.0 Å². The maximum absolute atomic E-state index is 12.0. The van der Waals surface area contributed by atoms with Crippen LogP contribution >= 0.6 is 27.3 Å². The van der Waals surface area contributed by atoms with E-state index in [9.17, 15) is 8.42 Å². The van der Waals surface area contributed by atoms with Crippen molar-refractivity contribution in [3.05, 3.63) is 39.8 Å². The normalized spacial score (nSPS) is 11.4. The van der Waals surface area contributed by atoms with Crippen LogP contribution < -0.4 is 10.5 Å². The maximum atomic E-state index is 12.0. The summed E-state index contributed by atoms with van der Waals surface area (Å²) in [4.78, 5) is 4.78. The molecular formula is C10H10BrN3O2S2. The summed E-state index contributed by atoms with van der Waals surface area (Å²) < 4.78 is 27.5. The van der Waals surface area contributed by atoms with Crippen LogP contribution in [0.5, 0.6) is 0 Å². The number of nitrogens with one attached hydrogen (secondary N) is 1. The number of hydrogen-bond acceptors (Lipinski definition) is 5. The standard InChI is InChI=1S/C10H10BrN3O2S2/c11-7-1-3-9(13-6-7)14-18(15,16)10-4-2-8(5-12)17-10/h1-4,6H,5,12H2,(H,13,14). The Kier molecular flexibility index (Phi) is 4.00. The highest BCUT2D eigenvalue weighted by Gasteiger charge is 2.17. The van der Waals surface area contributed by atoms with Crippen molar-refractivity contribution in [2.45, 2.75) is 10.8 Å². The zero-order valence-corrected chi connectivity index (χ0v) is 12.3. The van der Waals surface area contributed by atoms with Gasteiger partial charge >= 0.3 is 0 Å². The van der Waals surface area contributed by atoms with Crippen molar-refractivity contribution in [1.29, 1.82) is 0 Å². The summed E-state index contributed by atoms with van der Waals surface area (Å²) >= 11 is 4.38. The van der Waals surface area contributed by atoms with Crippen LogP contribution in [0.4, 0.5) is 5.82 Å². The van der Waals surface area contributed by atoms with Crippen molar-refractivity contribution >= 4 is 43.1 Å². The van der Waals surface area contributed by atoms with Gasteiger partial charge in [0.1, 0.15) is 10.0 Å². The third-order valence-corrected chi connectivity index (χ3v) is 5.49. The lowest BCUT2D eigenvalue weighted by Crippen LogP contribution is -2.12. The molecule has 96 valence electrons. The summed E-state index contributed by atoms with van der Waals surface area (Å²) in [5.74, 6) is 0.279. The van der Waals surface area contributed by atoms with Crippen LogP contribution in [-0.2, 0) is 16.6 Å². The van der Waals surface area contributed by atoms with E-state index in [1.165, 1.54) is 12.3 Å². The first-order chi connectivity index (χ1) is 8.51. The van der Waals surface area contributed by atoms with Gasteiger partial charge in [-0.15, -0.1) is 11.3 Å². The van der Waals surface area contributed by atoms with Crippen molar-refractivity contribution in [1.82, 2.24) is 4.98 Å². The molecule has 2 aromatic rings. The second-order valence-electron chi connectivity index (χ2n) is 3.39. The average Bonchev–Trinajstić information content (AvgIpc) is 2.81. The first-order valence-corrected chi connectivity index (χ1v) is 8.04. The summed E-state index contributed by atoms with van der Waals surface area (Å²) in [7, 11) is -3.58. The molecule has 2 aromatic heterocycles. The first kappa shape index (κ1) is 13.5. The average molecular weight is 348 g/mol. The Bertz CT molecular complexity index is 637. The van der Waals surface area contributed by atoms with Gasteiger partial charge < -0.3 is 5.73 Å². The molecule has 3 N–H and O–H groups in total. The highest BCUT2D eigenvalue weighted by molar-refractivity contribution is 9.10. The molecule has 0 aliphatic heterocycles. The lowest BCUT2D eigenvalue weighted by Gasteiger charge is -2.04.